The smallest absolute Gasteiger partial charge is 0.326 e. The van der Waals surface area contributed by atoms with E-state index in [0.717, 1.165) is 18.4 Å². The molecule has 0 saturated heterocycles. The molecule has 0 unspecified atom stereocenters. The lowest BCUT2D eigenvalue weighted by Gasteiger charge is -2.15. The van der Waals surface area contributed by atoms with Crippen LogP contribution < -0.4 is 10.6 Å². The zero-order valence-electron chi connectivity index (χ0n) is 9.93. The normalized spacial score (nSPS) is 15.8. The quantitative estimate of drug-likeness (QED) is 0.731. The summed E-state index contributed by atoms with van der Waals surface area (Å²) in [5.74, 6) is -1.02. The van der Waals surface area contributed by atoms with Gasteiger partial charge < -0.3 is 15.7 Å². The molecule has 1 atom stereocenters. The number of amides is 2. The standard InChI is InChI=1S/C13H16N2O3/c16-12(17)11(8-9-4-2-1-3-5-9)15-13(18)14-10-6-7-10/h1-5,10-11H,6-8H2,(H,16,17)(H2,14,15,18)/t11-/m0/s1. The summed E-state index contributed by atoms with van der Waals surface area (Å²) in [6.07, 6.45) is 2.24. The minimum Gasteiger partial charge on any atom is -0.480 e. The highest BCUT2D eigenvalue weighted by atomic mass is 16.4. The molecule has 2 amide bonds. The molecular weight excluding hydrogens is 232 g/mol. The van der Waals surface area contributed by atoms with Crippen LogP contribution in [0.2, 0.25) is 0 Å². The second-order valence-electron chi connectivity index (χ2n) is 4.47. The van der Waals surface area contributed by atoms with Crippen molar-refractivity contribution in [2.75, 3.05) is 0 Å². The second kappa shape index (κ2) is 5.53. The third kappa shape index (κ3) is 3.76. The topological polar surface area (TPSA) is 78.4 Å². The molecule has 0 aromatic heterocycles. The molecule has 0 heterocycles. The highest BCUT2D eigenvalue weighted by Gasteiger charge is 2.26. The number of rotatable bonds is 5. The number of urea groups is 1. The summed E-state index contributed by atoms with van der Waals surface area (Å²) in [7, 11) is 0. The van der Waals surface area contributed by atoms with Crippen molar-refractivity contribution in [1.29, 1.82) is 0 Å². The van der Waals surface area contributed by atoms with Crippen molar-refractivity contribution in [3.05, 3.63) is 35.9 Å². The molecule has 1 fully saturated rings. The summed E-state index contributed by atoms with van der Waals surface area (Å²) in [5.41, 5.74) is 0.886. The number of carbonyl (C=O) groups is 2. The third-order valence-electron chi connectivity index (χ3n) is 2.80. The van der Waals surface area contributed by atoms with E-state index in [9.17, 15) is 9.59 Å². The van der Waals surface area contributed by atoms with E-state index < -0.39 is 18.0 Å². The van der Waals surface area contributed by atoms with E-state index in [1.165, 1.54) is 0 Å². The summed E-state index contributed by atoms with van der Waals surface area (Å²) < 4.78 is 0. The van der Waals surface area contributed by atoms with Crippen molar-refractivity contribution in [3.8, 4) is 0 Å². The Morgan fingerprint density at radius 1 is 1.28 bits per heavy atom. The molecule has 0 bridgehead atoms. The van der Waals surface area contributed by atoms with Gasteiger partial charge in [-0.05, 0) is 18.4 Å². The Bertz CT molecular complexity index is 429. The maximum atomic E-state index is 11.5. The van der Waals surface area contributed by atoms with Gasteiger partial charge in [0.2, 0.25) is 0 Å². The first-order chi connectivity index (χ1) is 8.65. The molecule has 96 valence electrons. The van der Waals surface area contributed by atoms with Crippen LogP contribution in [-0.4, -0.2) is 29.2 Å². The third-order valence-corrected chi connectivity index (χ3v) is 2.80. The van der Waals surface area contributed by atoms with Gasteiger partial charge in [-0.15, -0.1) is 0 Å². The monoisotopic (exact) mass is 248 g/mol. The van der Waals surface area contributed by atoms with E-state index in [1.54, 1.807) is 0 Å². The molecule has 1 aliphatic rings. The van der Waals surface area contributed by atoms with Gasteiger partial charge in [0.1, 0.15) is 6.04 Å². The highest BCUT2D eigenvalue weighted by Crippen LogP contribution is 2.18. The Hall–Kier alpha value is -2.04. The van der Waals surface area contributed by atoms with Gasteiger partial charge in [-0.1, -0.05) is 30.3 Å². The van der Waals surface area contributed by atoms with Gasteiger partial charge in [-0.2, -0.15) is 0 Å². The van der Waals surface area contributed by atoms with Gasteiger partial charge in [0.25, 0.3) is 0 Å². The lowest BCUT2D eigenvalue weighted by Crippen LogP contribution is -2.47. The van der Waals surface area contributed by atoms with Crippen LogP contribution in [0.4, 0.5) is 4.79 Å². The van der Waals surface area contributed by atoms with Crippen molar-refractivity contribution in [2.45, 2.75) is 31.3 Å². The first-order valence-corrected chi connectivity index (χ1v) is 5.99. The summed E-state index contributed by atoms with van der Waals surface area (Å²) in [4.78, 5) is 22.6. The number of carboxylic acids is 1. The first kappa shape index (κ1) is 12.4. The maximum Gasteiger partial charge on any atom is 0.326 e. The average molecular weight is 248 g/mol. The number of hydrogen-bond acceptors (Lipinski definition) is 2. The molecule has 0 aliphatic heterocycles. The van der Waals surface area contributed by atoms with Gasteiger partial charge in [0.15, 0.2) is 0 Å². The molecule has 1 aromatic rings. The molecule has 1 aromatic carbocycles. The molecule has 5 nitrogen and oxygen atoms in total. The zero-order valence-corrected chi connectivity index (χ0v) is 9.93. The van der Waals surface area contributed by atoms with Crippen molar-refractivity contribution in [1.82, 2.24) is 10.6 Å². The Kier molecular flexibility index (Phi) is 3.82. The van der Waals surface area contributed by atoms with Crippen molar-refractivity contribution in [2.24, 2.45) is 0 Å². The van der Waals surface area contributed by atoms with Crippen LogP contribution in [0.1, 0.15) is 18.4 Å². The summed E-state index contributed by atoms with van der Waals surface area (Å²) >= 11 is 0. The van der Waals surface area contributed by atoms with Gasteiger partial charge in [-0.3, -0.25) is 0 Å². The van der Waals surface area contributed by atoms with Crippen LogP contribution in [0.5, 0.6) is 0 Å². The van der Waals surface area contributed by atoms with E-state index in [2.05, 4.69) is 10.6 Å². The van der Waals surface area contributed by atoms with Gasteiger partial charge in [0.05, 0.1) is 0 Å². The van der Waals surface area contributed by atoms with Crippen LogP contribution in [0.3, 0.4) is 0 Å². The van der Waals surface area contributed by atoms with E-state index in [-0.39, 0.29) is 12.5 Å². The van der Waals surface area contributed by atoms with Crippen molar-refractivity contribution >= 4 is 12.0 Å². The molecular formula is C13H16N2O3. The van der Waals surface area contributed by atoms with E-state index in [4.69, 9.17) is 5.11 Å². The Morgan fingerprint density at radius 3 is 2.50 bits per heavy atom. The van der Waals surface area contributed by atoms with Crippen LogP contribution in [0.25, 0.3) is 0 Å². The van der Waals surface area contributed by atoms with Crippen molar-refractivity contribution in [3.63, 3.8) is 0 Å². The summed E-state index contributed by atoms with van der Waals surface area (Å²) in [5, 5.41) is 14.3. The van der Waals surface area contributed by atoms with E-state index in [1.807, 2.05) is 30.3 Å². The number of carbonyl (C=O) groups excluding carboxylic acids is 1. The first-order valence-electron chi connectivity index (χ1n) is 5.99. The summed E-state index contributed by atoms with van der Waals surface area (Å²) in [6.45, 7) is 0. The molecule has 0 radical (unpaired) electrons. The fraction of sp³-hybridized carbons (Fsp3) is 0.385. The lowest BCUT2D eigenvalue weighted by molar-refractivity contribution is -0.139. The second-order valence-corrected chi connectivity index (χ2v) is 4.47. The van der Waals surface area contributed by atoms with E-state index in [0.29, 0.717) is 0 Å². The van der Waals surface area contributed by atoms with Gasteiger partial charge >= 0.3 is 12.0 Å². The summed E-state index contributed by atoms with van der Waals surface area (Å²) in [6, 6.07) is 8.17. The zero-order chi connectivity index (χ0) is 13.0. The lowest BCUT2D eigenvalue weighted by atomic mass is 10.1. The Balaban J connectivity index is 1.91. The van der Waals surface area contributed by atoms with Gasteiger partial charge in [0, 0.05) is 12.5 Å². The van der Waals surface area contributed by atoms with Crippen LogP contribution >= 0.6 is 0 Å². The highest BCUT2D eigenvalue weighted by molar-refractivity contribution is 5.83. The van der Waals surface area contributed by atoms with E-state index >= 15 is 0 Å². The van der Waals surface area contributed by atoms with Crippen LogP contribution in [0, 0.1) is 0 Å². The molecule has 1 aliphatic carbocycles. The molecule has 5 heteroatoms. The Labute approximate surface area is 105 Å². The minimum absolute atomic E-state index is 0.219. The number of nitrogens with one attached hydrogen (secondary N) is 2. The number of carboxylic acid groups (broad SMARTS) is 1. The number of benzene rings is 1. The SMILES string of the molecule is O=C(NC1CC1)N[C@@H](Cc1ccccc1)C(=O)O. The fourth-order valence-electron chi connectivity index (χ4n) is 1.66. The number of aliphatic carboxylic acids is 1. The predicted octanol–water partition coefficient (Wildman–Crippen LogP) is 1.14. The van der Waals surface area contributed by atoms with Crippen LogP contribution in [0.15, 0.2) is 30.3 Å². The average Bonchev–Trinajstić information content (AvgIpc) is 3.13. The molecule has 2 rings (SSSR count). The van der Waals surface area contributed by atoms with Gasteiger partial charge in [-0.25, -0.2) is 9.59 Å². The minimum atomic E-state index is -1.02. The molecule has 0 spiro atoms. The molecule has 3 N–H and O–H groups in total. The predicted molar refractivity (Wildman–Crippen MR) is 66.3 cm³/mol. The van der Waals surface area contributed by atoms with Crippen molar-refractivity contribution < 1.29 is 14.7 Å². The number of hydrogen-bond donors (Lipinski definition) is 3. The maximum absolute atomic E-state index is 11.5. The molecule has 18 heavy (non-hydrogen) atoms. The van der Waals surface area contributed by atoms with Crippen LogP contribution in [-0.2, 0) is 11.2 Å². The Morgan fingerprint density at radius 2 is 1.94 bits per heavy atom. The molecule has 1 saturated carbocycles. The fourth-order valence-corrected chi connectivity index (χ4v) is 1.66. The largest absolute Gasteiger partial charge is 0.480 e.